The zero-order chi connectivity index (χ0) is 9.15. The second-order valence-electron chi connectivity index (χ2n) is 3.23. The van der Waals surface area contributed by atoms with E-state index in [2.05, 4.69) is 18.2 Å². The molecule has 0 amide bonds. The van der Waals surface area contributed by atoms with Crippen molar-refractivity contribution >= 4 is 17.7 Å². The van der Waals surface area contributed by atoms with Crippen LogP contribution in [0.4, 0.5) is 0 Å². The number of rotatable bonds is 3. The summed E-state index contributed by atoms with van der Waals surface area (Å²) < 4.78 is 5.25. The van der Waals surface area contributed by atoms with Gasteiger partial charge in [0, 0.05) is 0 Å². The molecule has 1 aliphatic rings. The summed E-state index contributed by atoms with van der Waals surface area (Å²) in [4.78, 5) is 0. The van der Waals surface area contributed by atoms with Gasteiger partial charge in [0.15, 0.2) is 0 Å². The van der Waals surface area contributed by atoms with Crippen molar-refractivity contribution in [2.45, 2.75) is 5.60 Å². The second kappa shape index (κ2) is 3.52. The number of hydrogen-bond donors (Lipinski definition) is 0. The molecular weight excluding hydrogens is 184 g/mol. The maximum absolute atomic E-state index is 5.75. The van der Waals surface area contributed by atoms with E-state index in [0.717, 1.165) is 6.61 Å². The van der Waals surface area contributed by atoms with E-state index >= 15 is 0 Å². The Bertz CT molecular complexity index is 301. The molecule has 0 spiro atoms. The zero-order valence-corrected chi connectivity index (χ0v) is 8.00. The molecule has 1 unspecified atom stereocenters. The van der Waals surface area contributed by atoms with E-state index < -0.39 is 0 Å². The van der Waals surface area contributed by atoms with Crippen LogP contribution < -0.4 is 0 Å². The predicted molar refractivity (Wildman–Crippen MR) is 54.9 cm³/mol. The minimum atomic E-state index is -0.169. The van der Waals surface area contributed by atoms with Gasteiger partial charge >= 0.3 is 0 Å². The first kappa shape index (κ1) is 8.79. The Balaban J connectivity index is 2.06. The van der Waals surface area contributed by atoms with Crippen molar-refractivity contribution in [2.24, 2.45) is 0 Å². The number of alkyl halides is 1. The van der Waals surface area contributed by atoms with Gasteiger partial charge < -0.3 is 4.74 Å². The molecule has 1 atom stereocenters. The standard InChI is InChI=1S/C11H11ClO/c12-8-11(9-13-11)7-6-10-4-2-1-3-5-10/h1-7H,8-9H2/b7-6+. The Labute approximate surface area is 83.0 Å². The molecule has 13 heavy (non-hydrogen) atoms. The quantitative estimate of drug-likeness (QED) is 0.533. The van der Waals surface area contributed by atoms with Crippen molar-refractivity contribution in [1.29, 1.82) is 0 Å². The predicted octanol–water partition coefficient (Wildman–Crippen LogP) is 2.71. The molecule has 2 rings (SSSR count). The molecule has 0 saturated carbocycles. The summed E-state index contributed by atoms with van der Waals surface area (Å²) in [6.07, 6.45) is 4.09. The minimum absolute atomic E-state index is 0.169. The number of ether oxygens (including phenoxy) is 1. The molecule has 0 N–H and O–H groups in total. The number of epoxide rings is 1. The topological polar surface area (TPSA) is 12.5 Å². The number of benzene rings is 1. The van der Waals surface area contributed by atoms with Crippen LogP contribution in [0.2, 0.25) is 0 Å². The van der Waals surface area contributed by atoms with Crippen LogP contribution in [-0.4, -0.2) is 18.1 Å². The van der Waals surface area contributed by atoms with Gasteiger partial charge in [0.05, 0.1) is 12.5 Å². The molecule has 68 valence electrons. The highest BCUT2D eigenvalue weighted by Crippen LogP contribution is 2.30. The highest BCUT2D eigenvalue weighted by atomic mass is 35.5. The van der Waals surface area contributed by atoms with Gasteiger partial charge in [-0.3, -0.25) is 0 Å². The summed E-state index contributed by atoms with van der Waals surface area (Å²) in [5, 5.41) is 0. The van der Waals surface area contributed by atoms with E-state index in [1.165, 1.54) is 5.56 Å². The molecule has 0 aromatic heterocycles. The fourth-order valence-corrected chi connectivity index (χ4v) is 1.37. The maximum Gasteiger partial charge on any atom is 0.123 e. The summed E-state index contributed by atoms with van der Waals surface area (Å²) in [6, 6.07) is 10.1. The van der Waals surface area contributed by atoms with Crippen molar-refractivity contribution in [3.8, 4) is 0 Å². The average molecular weight is 195 g/mol. The first-order chi connectivity index (χ1) is 6.35. The Kier molecular flexibility index (Phi) is 2.38. The molecule has 1 nitrogen and oxygen atoms in total. The van der Waals surface area contributed by atoms with Gasteiger partial charge in [0.1, 0.15) is 5.60 Å². The largest absolute Gasteiger partial charge is 0.364 e. The lowest BCUT2D eigenvalue weighted by Gasteiger charge is -1.98. The van der Waals surface area contributed by atoms with Gasteiger partial charge in [0.2, 0.25) is 0 Å². The lowest BCUT2D eigenvalue weighted by Crippen LogP contribution is -2.07. The van der Waals surface area contributed by atoms with Crippen LogP contribution in [0.3, 0.4) is 0 Å². The third kappa shape index (κ3) is 2.11. The van der Waals surface area contributed by atoms with Crippen LogP contribution in [0, 0.1) is 0 Å². The van der Waals surface area contributed by atoms with E-state index in [4.69, 9.17) is 16.3 Å². The van der Waals surface area contributed by atoms with Gasteiger partial charge in [0.25, 0.3) is 0 Å². The summed E-state index contributed by atoms with van der Waals surface area (Å²) in [5.41, 5.74) is 1.01. The van der Waals surface area contributed by atoms with E-state index in [0.29, 0.717) is 5.88 Å². The Morgan fingerprint density at radius 1 is 1.38 bits per heavy atom. The van der Waals surface area contributed by atoms with Crippen molar-refractivity contribution in [3.63, 3.8) is 0 Å². The molecule has 1 heterocycles. The van der Waals surface area contributed by atoms with Crippen LogP contribution in [0.1, 0.15) is 5.56 Å². The molecule has 0 aliphatic carbocycles. The van der Waals surface area contributed by atoms with Gasteiger partial charge in [-0.05, 0) is 11.6 Å². The fraction of sp³-hybridized carbons (Fsp3) is 0.273. The third-order valence-electron chi connectivity index (χ3n) is 2.12. The lowest BCUT2D eigenvalue weighted by molar-refractivity contribution is 0.373. The number of halogens is 1. The molecule has 2 heteroatoms. The summed E-state index contributed by atoms with van der Waals surface area (Å²) >= 11 is 5.75. The summed E-state index contributed by atoms with van der Waals surface area (Å²) in [7, 11) is 0. The molecule has 0 bridgehead atoms. The summed E-state index contributed by atoms with van der Waals surface area (Å²) in [5.74, 6) is 0.538. The molecule has 1 saturated heterocycles. The average Bonchev–Trinajstić information content (AvgIpc) is 2.97. The van der Waals surface area contributed by atoms with E-state index in [-0.39, 0.29) is 5.60 Å². The van der Waals surface area contributed by atoms with Crippen LogP contribution in [0.15, 0.2) is 36.4 Å². The first-order valence-electron chi connectivity index (χ1n) is 4.29. The normalized spacial score (nSPS) is 26.5. The zero-order valence-electron chi connectivity index (χ0n) is 7.24. The maximum atomic E-state index is 5.75. The number of hydrogen-bond acceptors (Lipinski definition) is 1. The highest BCUT2D eigenvalue weighted by Gasteiger charge is 2.40. The van der Waals surface area contributed by atoms with Gasteiger partial charge in [-0.15, -0.1) is 11.6 Å². The Hall–Kier alpha value is -0.790. The Morgan fingerprint density at radius 3 is 2.62 bits per heavy atom. The lowest BCUT2D eigenvalue weighted by atomic mass is 10.1. The summed E-state index contributed by atoms with van der Waals surface area (Å²) in [6.45, 7) is 0.750. The van der Waals surface area contributed by atoms with E-state index in [1.54, 1.807) is 0 Å². The molecular formula is C11H11ClO. The van der Waals surface area contributed by atoms with Crippen LogP contribution in [0.5, 0.6) is 0 Å². The van der Waals surface area contributed by atoms with Crippen LogP contribution >= 0.6 is 11.6 Å². The third-order valence-corrected chi connectivity index (χ3v) is 2.57. The molecule has 1 aromatic rings. The molecule has 1 aliphatic heterocycles. The van der Waals surface area contributed by atoms with Gasteiger partial charge in [-0.1, -0.05) is 36.4 Å². The molecule has 0 radical (unpaired) electrons. The SMILES string of the molecule is ClCC1(/C=C/c2ccccc2)CO1. The van der Waals surface area contributed by atoms with Crippen LogP contribution in [0.25, 0.3) is 6.08 Å². The minimum Gasteiger partial charge on any atom is -0.364 e. The first-order valence-corrected chi connectivity index (χ1v) is 4.82. The van der Waals surface area contributed by atoms with E-state index in [1.807, 2.05) is 24.3 Å². The highest BCUT2D eigenvalue weighted by molar-refractivity contribution is 6.19. The van der Waals surface area contributed by atoms with Crippen molar-refractivity contribution in [1.82, 2.24) is 0 Å². The smallest absolute Gasteiger partial charge is 0.123 e. The molecule has 1 aromatic carbocycles. The van der Waals surface area contributed by atoms with Gasteiger partial charge in [-0.25, -0.2) is 0 Å². The fourth-order valence-electron chi connectivity index (χ4n) is 1.12. The van der Waals surface area contributed by atoms with Crippen molar-refractivity contribution < 1.29 is 4.74 Å². The van der Waals surface area contributed by atoms with Gasteiger partial charge in [-0.2, -0.15) is 0 Å². The van der Waals surface area contributed by atoms with Crippen molar-refractivity contribution in [3.05, 3.63) is 42.0 Å². The Morgan fingerprint density at radius 2 is 2.08 bits per heavy atom. The van der Waals surface area contributed by atoms with Crippen molar-refractivity contribution in [2.75, 3.05) is 12.5 Å². The van der Waals surface area contributed by atoms with E-state index in [9.17, 15) is 0 Å². The monoisotopic (exact) mass is 194 g/mol. The second-order valence-corrected chi connectivity index (χ2v) is 3.50. The molecule has 1 fully saturated rings. The van der Waals surface area contributed by atoms with Crippen LogP contribution in [-0.2, 0) is 4.74 Å².